The van der Waals surface area contributed by atoms with Gasteiger partial charge in [-0.2, -0.15) is 0 Å². The molecular weight excluding hydrogens is 332 g/mol. The van der Waals surface area contributed by atoms with E-state index in [1.54, 1.807) is 6.07 Å². The molecule has 26 heavy (non-hydrogen) atoms. The van der Waals surface area contributed by atoms with Crippen LogP contribution in [0.3, 0.4) is 0 Å². The largest absolute Gasteiger partial charge is 0.388 e. The molecule has 1 N–H and O–H groups in total. The molecule has 0 bridgehead atoms. The number of fused-ring (bicyclic) bond motifs is 1. The van der Waals surface area contributed by atoms with E-state index in [1.165, 1.54) is 0 Å². The minimum Gasteiger partial charge on any atom is -0.388 e. The molecule has 0 aliphatic carbocycles. The average Bonchev–Trinajstić information content (AvgIpc) is 3.23. The summed E-state index contributed by atoms with van der Waals surface area (Å²) in [6, 6.07) is 5.72. The summed E-state index contributed by atoms with van der Waals surface area (Å²) in [4.78, 5) is 19.4. The number of aliphatic hydroxyl groups is 1. The van der Waals surface area contributed by atoms with Gasteiger partial charge >= 0.3 is 0 Å². The van der Waals surface area contributed by atoms with Crippen LogP contribution in [-0.4, -0.2) is 53.3 Å². The topological polar surface area (TPSA) is 89.1 Å². The predicted molar refractivity (Wildman–Crippen MR) is 95.5 cm³/mol. The quantitative estimate of drug-likeness (QED) is 0.764. The van der Waals surface area contributed by atoms with Crippen LogP contribution in [-0.2, 0) is 20.7 Å². The van der Waals surface area contributed by atoms with Gasteiger partial charge in [-0.1, -0.05) is 0 Å². The number of likely N-dealkylation sites (tertiary alicyclic amines) is 1. The van der Waals surface area contributed by atoms with E-state index < -0.39 is 0 Å². The SMILES string of the molecule is Cn1c(CO)nnc1C1CCCN(C(=O)c2ccc3ccn(C)c3n2)C1. The number of hydrogen-bond donors (Lipinski definition) is 1. The molecule has 4 heterocycles. The number of amides is 1. The molecule has 1 fully saturated rings. The Kier molecular flexibility index (Phi) is 4.20. The van der Waals surface area contributed by atoms with E-state index in [0.29, 0.717) is 24.6 Å². The van der Waals surface area contributed by atoms with Gasteiger partial charge in [0.05, 0.1) is 0 Å². The lowest BCUT2D eigenvalue weighted by Gasteiger charge is -2.32. The summed E-state index contributed by atoms with van der Waals surface area (Å²) in [6.07, 6.45) is 3.80. The molecule has 3 aromatic rings. The van der Waals surface area contributed by atoms with Crippen molar-refractivity contribution in [3.8, 4) is 0 Å². The summed E-state index contributed by atoms with van der Waals surface area (Å²) in [5, 5.41) is 18.6. The van der Waals surface area contributed by atoms with Crippen molar-refractivity contribution >= 4 is 16.9 Å². The van der Waals surface area contributed by atoms with Crippen LogP contribution in [0.25, 0.3) is 11.0 Å². The number of piperidine rings is 1. The number of pyridine rings is 1. The molecule has 1 aliphatic heterocycles. The van der Waals surface area contributed by atoms with E-state index >= 15 is 0 Å². The molecule has 4 rings (SSSR count). The number of carbonyl (C=O) groups excluding carboxylic acids is 1. The predicted octanol–water partition coefficient (Wildman–Crippen LogP) is 1.21. The van der Waals surface area contributed by atoms with Crippen molar-refractivity contribution in [3.63, 3.8) is 0 Å². The number of aliphatic hydroxyl groups excluding tert-OH is 1. The van der Waals surface area contributed by atoms with Crippen LogP contribution in [0.5, 0.6) is 0 Å². The summed E-state index contributed by atoms with van der Waals surface area (Å²) < 4.78 is 3.74. The fourth-order valence-corrected chi connectivity index (χ4v) is 3.66. The van der Waals surface area contributed by atoms with Gasteiger partial charge in [-0.25, -0.2) is 4.98 Å². The maximum Gasteiger partial charge on any atom is 0.272 e. The highest BCUT2D eigenvalue weighted by Gasteiger charge is 2.29. The van der Waals surface area contributed by atoms with Crippen LogP contribution in [0.4, 0.5) is 0 Å². The zero-order valence-corrected chi connectivity index (χ0v) is 15.0. The minimum atomic E-state index is -0.139. The Morgan fingerprint density at radius 3 is 2.88 bits per heavy atom. The molecule has 0 saturated carbocycles. The third-order valence-corrected chi connectivity index (χ3v) is 5.15. The summed E-state index contributed by atoms with van der Waals surface area (Å²) in [6.45, 7) is 1.16. The molecule has 1 saturated heterocycles. The third-order valence-electron chi connectivity index (χ3n) is 5.15. The Hall–Kier alpha value is -2.74. The van der Waals surface area contributed by atoms with Crippen molar-refractivity contribution in [1.29, 1.82) is 0 Å². The molecule has 1 amide bonds. The van der Waals surface area contributed by atoms with Gasteiger partial charge < -0.3 is 19.1 Å². The second-order valence-electron chi connectivity index (χ2n) is 6.82. The number of aromatic nitrogens is 5. The van der Waals surface area contributed by atoms with Gasteiger partial charge in [0.2, 0.25) is 0 Å². The highest BCUT2D eigenvalue weighted by Crippen LogP contribution is 2.27. The van der Waals surface area contributed by atoms with Crippen LogP contribution < -0.4 is 0 Å². The average molecular weight is 354 g/mol. The first kappa shape index (κ1) is 16.7. The van der Waals surface area contributed by atoms with Gasteiger partial charge in [0, 0.05) is 44.7 Å². The fourth-order valence-electron chi connectivity index (χ4n) is 3.66. The molecule has 1 aliphatic rings. The first-order chi connectivity index (χ1) is 12.6. The van der Waals surface area contributed by atoms with Crippen molar-refractivity contribution in [2.45, 2.75) is 25.4 Å². The van der Waals surface area contributed by atoms with E-state index in [4.69, 9.17) is 0 Å². The zero-order valence-electron chi connectivity index (χ0n) is 15.0. The van der Waals surface area contributed by atoms with Crippen molar-refractivity contribution in [2.24, 2.45) is 14.1 Å². The van der Waals surface area contributed by atoms with E-state index in [9.17, 15) is 9.90 Å². The van der Waals surface area contributed by atoms with Crippen LogP contribution in [0.1, 0.15) is 40.9 Å². The zero-order chi connectivity index (χ0) is 18.3. The molecule has 3 aromatic heterocycles. The van der Waals surface area contributed by atoms with Gasteiger partial charge in [0.1, 0.15) is 23.8 Å². The first-order valence-corrected chi connectivity index (χ1v) is 8.79. The molecule has 8 heteroatoms. The van der Waals surface area contributed by atoms with Gasteiger partial charge in [0.25, 0.3) is 5.91 Å². The van der Waals surface area contributed by atoms with Crippen molar-refractivity contribution in [2.75, 3.05) is 13.1 Å². The number of nitrogens with zero attached hydrogens (tertiary/aromatic N) is 6. The lowest BCUT2D eigenvalue weighted by atomic mass is 9.97. The van der Waals surface area contributed by atoms with Gasteiger partial charge in [-0.3, -0.25) is 4.79 Å². The molecule has 1 unspecified atom stereocenters. The van der Waals surface area contributed by atoms with E-state index in [2.05, 4.69) is 15.2 Å². The summed E-state index contributed by atoms with van der Waals surface area (Å²) in [5.41, 5.74) is 1.28. The van der Waals surface area contributed by atoms with Crippen molar-refractivity contribution in [3.05, 3.63) is 41.7 Å². The maximum atomic E-state index is 13.0. The Morgan fingerprint density at radius 1 is 1.27 bits per heavy atom. The Labute approximate surface area is 151 Å². The normalized spacial score (nSPS) is 17.8. The maximum absolute atomic E-state index is 13.0. The van der Waals surface area contributed by atoms with Crippen LogP contribution >= 0.6 is 0 Å². The number of carbonyl (C=O) groups is 1. The molecule has 0 radical (unpaired) electrons. The molecule has 0 aromatic carbocycles. The standard InChI is InChI=1S/C18H22N6O2/c1-22-9-7-12-5-6-14(19-16(12)22)18(26)24-8-3-4-13(10-24)17-21-20-15(11-25)23(17)2/h5-7,9,13,25H,3-4,8,10-11H2,1-2H3. The Morgan fingerprint density at radius 2 is 2.12 bits per heavy atom. The van der Waals surface area contributed by atoms with Gasteiger partial charge in [-0.15, -0.1) is 10.2 Å². The molecule has 0 spiro atoms. The smallest absolute Gasteiger partial charge is 0.272 e. The van der Waals surface area contributed by atoms with Crippen LogP contribution in [0.2, 0.25) is 0 Å². The Bertz CT molecular complexity index is 960. The van der Waals surface area contributed by atoms with E-state index in [-0.39, 0.29) is 18.4 Å². The molecule has 1 atom stereocenters. The minimum absolute atomic E-state index is 0.0534. The van der Waals surface area contributed by atoms with Gasteiger partial charge in [0.15, 0.2) is 5.82 Å². The monoisotopic (exact) mass is 354 g/mol. The Balaban J connectivity index is 1.57. The number of hydrogen-bond acceptors (Lipinski definition) is 5. The lowest BCUT2D eigenvalue weighted by Crippen LogP contribution is -2.40. The number of rotatable bonds is 3. The summed E-state index contributed by atoms with van der Waals surface area (Å²) in [5.74, 6) is 1.42. The second-order valence-corrected chi connectivity index (χ2v) is 6.82. The molecule has 8 nitrogen and oxygen atoms in total. The third kappa shape index (κ3) is 2.76. The number of aryl methyl sites for hydroxylation is 1. The highest BCUT2D eigenvalue weighted by atomic mass is 16.3. The van der Waals surface area contributed by atoms with E-state index in [1.807, 2.05) is 46.5 Å². The second kappa shape index (κ2) is 6.53. The van der Waals surface area contributed by atoms with Crippen LogP contribution in [0.15, 0.2) is 24.4 Å². The van der Waals surface area contributed by atoms with E-state index in [0.717, 1.165) is 29.7 Å². The highest BCUT2D eigenvalue weighted by molar-refractivity contribution is 5.94. The van der Waals surface area contributed by atoms with Gasteiger partial charge in [-0.05, 0) is 31.0 Å². The summed E-state index contributed by atoms with van der Waals surface area (Å²) >= 11 is 0. The first-order valence-electron chi connectivity index (χ1n) is 8.79. The van der Waals surface area contributed by atoms with Crippen molar-refractivity contribution in [1.82, 2.24) is 29.2 Å². The summed E-state index contributed by atoms with van der Waals surface area (Å²) in [7, 11) is 3.78. The molecular formula is C18H22N6O2. The molecule has 136 valence electrons. The fraction of sp³-hybridized carbons (Fsp3) is 0.444. The van der Waals surface area contributed by atoms with Crippen molar-refractivity contribution < 1.29 is 9.90 Å². The van der Waals surface area contributed by atoms with Crippen LogP contribution in [0, 0.1) is 0 Å². The lowest BCUT2D eigenvalue weighted by molar-refractivity contribution is 0.0697.